The molecule has 0 saturated heterocycles. The topological polar surface area (TPSA) is 104 Å². The molecule has 0 heterocycles. The number of allylic oxidation sites excluding steroid dienone is 1. The molecule has 7 nitrogen and oxygen atoms in total. The number of ether oxygens (including phenoxy) is 2. The largest absolute Gasteiger partial charge is 0.497 e. The van der Waals surface area contributed by atoms with Gasteiger partial charge in [0.1, 0.15) is 11.5 Å². The Morgan fingerprint density at radius 1 is 1.03 bits per heavy atom. The SMILES string of the molecule is COc1ccc(/C(=C/Nc2cc(C)cc(Cl)c2)C(=N)Oc2ccc(C(NCCC(=O)O)=C3CC3)cc2)cc1. The van der Waals surface area contributed by atoms with Crippen molar-refractivity contribution >= 4 is 40.4 Å². The molecule has 196 valence electrons. The molecular weight excluding hydrogens is 502 g/mol. The predicted molar refractivity (Wildman–Crippen MR) is 152 cm³/mol. The number of halogens is 1. The van der Waals surface area contributed by atoms with Crippen LogP contribution in [-0.4, -0.2) is 30.6 Å². The average Bonchev–Trinajstić information content (AvgIpc) is 3.72. The fourth-order valence-electron chi connectivity index (χ4n) is 3.93. The normalized spacial score (nSPS) is 12.5. The number of hydrogen-bond acceptors (Lipinski definition) is 6. The predicted octanol–water partition coefficient (Wildman–Crippen LogP) is 6.74. The van der Waals surface area contributed by atoms with E-state index in [4.69, 9.17) is 31.6 Å². The molecule has 1 saturated carbocycles. The highest BCUT2D eigenvalue weighted by Gasteiger charge is 2.19. The van der Waals surface area contributed by atoms with Crippen molar-refractivity contribution in [2.45, 2.75) is 26.2 Å². The summed E-state index contributed by atoms with van der Waals surface area (Å²) in [6.07, 6.45) is 3.80. The highest BCUT2D eigenvalue weighted by molar-refractivity contribution is 6.31. The lowest BCUT2D eigenvalue weighted by molar-refractivity contribution is -0.136. The molecule has 3 aromatic rings. The maximum Gasteiger partial charge on any atom is 0.305 e. The molecule has 4 N–H and O–H groups in total. The van der Waals surface area contributed by atoms with E-state index in [1.165, 1.54) is 5.57 Å². The molecule has 0 radical (unpaired) electrons. The Balaban J connectivity index is 1.53. The molecule has 3 aromatic carbocycles. The van der Waals surface area contributed by atoms with E-state index in [-0.39, 0.29) is 12.3 Å². The molecule has 8 heteroatoms. The molecule has 1 fully saturated rings. The summed E-state index contributed by atoms with van der Waals surface area (Å²) in [6, 6.07) is 20.5. The fourth-order valence-corrected chi connectivity index (χ4v) is 4.22. The third-order valence-electron chi connectivity index (χ3n) is 5.93. The summed E-state index contributed by atoms with van der Waals surface area (Å²) in [6.45, 7) is 2.33. The number of carboxylic acids is 1. The highest BCUT2D eigenvalue weighted by atomic mass is 35.5. The molecule has 0 bridgehead atoms. The van der Waals surface area contributed by atoms with Crippen LogP contribution in [0.3, 0.4) is 0 Å². The summed E-state index contributed by atoms with van der Waals surface area (Å²) in [5.74, 6) is 0.365. The van der Waals surface area contributed by atoms with Crippen molar-refractivity contribution in [3.05, 3.63) is 100 Å². The fraction of sp³-hybridized carbons (Fsp3) is 0.200. The second-order valence-electron chi connectivity index (χ2n) is 8.95. The van der Waals surface area contributed by atoms with Crippen molar-refractivity contribution in [3.63, 3.8) is 0 Å². The average molecular weight is 532 g/mol. The van der Waals surface area contributed by atoms with Gasteiger partial charge < -0.3 is 25.2 Å². The Kier molecular flexibility index (Phi) is 8.71. The first-order valence-corrected chi connectivity index (χ1v) is 12.6. The Morgan fingerprint density at radius 2 is 1.68 bits per heavy atom. The molecule has 0 aliphatic heterocycles. The summed E-state index contributed by atoms with van der Waals surface area (Å²) >= 11 is 6.21. The Morgan fingerprint density at radius 3 is 2.29 bits per heavy atom. The number of aliphatic carboxylic acids is 1. The smallest absolute Gasteiger partial charge is 0.305 e. The van der Waals surface area contributed by atoms with E-state index in [1.54, 1.807) is 13.3 Å². The number of anilines is 1. The number of aryl methyl sites for hydroxylation is 1. The number of rotatable bonds is 11. The number of benzene rings is 3. The number of nitrogens with one attached hydrogen (secondary N) is 3. The standard InChI is InChI=1S/C30H30ClN3O4/c1-19-15-23(31)17-24(16-19)34-18-27(20-5-9-25(37-2)10-6-20)30(32)38-26-11-7-22(8-12-26)29(21-3-4-21)33-14-13-28(35)36/h5-12,15-18,32-34H,3-4,13-14H2,1-2H3,(H,35,36)/b27-18-,32-30?. The van der Waals surface area contributed by atoms with Crippen molar-refractivity contribution in [1.82, 2.24) is 5.32 Å². The van der Waals surface area contributed by atoms with Gasteiger partial charge in [-0.1, -0.05) is 23.7 Å². The molecule has 1 aliphatic carbocycles. The molecule has 38 heavy (non-hydrogen) atoms. The van der Waals surface area contributed by atoms with Crippen molar-refractivity contribution in [3.8, 4) is 11.5 Å². The molecule has 1 aliphatic rings. The Hall–Kier alpha value is -4.23. The first-order chi connectivity index (χ1) is 18.3. The van der Waals surface area contributed by atoms with Gasteiger partial charge in [-0.2, -0.15) is 0 Å². The van der Waals surface area contributed by atoms with Crippen molar-refractivity contribution in [1.29, 1.82) is 5.41 Å². The van der Waals surface area contributed by atoms with Gasteiger partial charge in [-0.25, -0.2) is 0 Å². The molecule has 0 aromatic heterocycles. The maximum atomic E-state index is 10.9. The van der Waals surface area contributed by atoms with Gasteiger partial charge in [0.2, 0.25) is 5.90 Å². The van der Waals surface area contributed by atoms with Crippen LogP contribution in [0.25, 0.3) is 11.3 Å². The van der Waals surface area contributed by atoms with Crippen molar-refractivity contribution in [2.24, 2.45) is 0 Å². The first kappa shape index (κ1) is 26.8. The first-order valence-electron chi connectivity index (χ1n) is 12.3. The third kappa shape index (κ3) is 7.40. The molecule has 0 atom stereocenters. The van der Waals surface area contributed by atoms with E-state index in [1.807, 2.05) is 73.7 Å². The van der Waals surface area contributed by atoms with Gasteiger partial charge in [0, 0.05) is 29.2 Å². The van der Waals surface area contributed by atoms with Gasteiger partial charge in [0.05, 0.1) is 19.1 Å². The van der Waals surface area contributed by atoms with Crippen LogP contribution in [0.5, 0.6) is 11.5 Å². The van der Waals surface area contributed by atoms with E-state index in [0.717, 1.165) is 40.9 Å². The monoisotopic (exact) mass is 531 g/mol. The van der Waals surface area contributed by atoms with Crippen LogP contribution in [0.15, 0.2) is 78.5 Å². The summed E-state index contributed by atoms with van der Waals surface area (Å²) in [4.78, 5) is 10.9. The second kappa shape index (κ2) is 12.3. The van der Waals surface area contributed by atoms with Crippen LogP contribution >= 0.6 is 11.6 Å². The summed E-state index contributed by atoms with van der Waals surface area (Å²) in [5.41, 5.74) is 6.37. The number of hydrogen-bond donors (Lipinski definition) is 4. The minimum atomic E-state index is -0.833. The Labute approximate surface area is 227 Å². The van der Waals surface area contributed by atoms with Gasteiger partial charge in [-0.15, -0.1) is 0 Å². The second-order valence-corrected chi connectivity index (χ2v) is 9.39. The summed E-state index contributed by atoms with van der Waals surface area (Å²) in [7, 11) is 1.61. The van der Waals surface area contributed by atoms with Crippen molar-refractivity contribution < 1.29 is 19.4 Å². The van der Waals surface area contributed by atoms with Gasteiger partial charge in [-0.3, -0.25) is 10.2 Å². The minimum absolute atomic E-state index is 0.0329. The summed E-state index contributed by atoms with van der Waals surface area (Å²) in [5, 5.41) is 24.8. The molecular formula is C30H30ClN3O4. The van der Waals surface area contributed by atoms with E-state index >= 15 is 0 Å². The van der Waals surface area contributed by atoms with Crippen LogP contribution in [-0.2, 0) is 4.79 Å². The van der Waals surface area contributed by atoms with Crippen LogP contribution in [0, 0.1) is 12.3 Å². The molecule has 0 amide bonds. The lowest BCUT2D eigenvalue weighted by Gasteiger charge is -2.14. The van der Waals surface area contributed by atoms with E-state index in [2.05, 4.69) is 10.6 Å². The zero-order valence-electron chi connectivity index (χ0n) is 21.3. The number of carbonyl (C=O) groups is 1. The van der Waals surface area contributed by atoms with Gasteiger partial charge in [-0.05, 0) is 96.6 Å². The molecule has 4 rings (SSSR count). The highest BCUT2D eigenvalue weighted by Crippen LogP contribution is 2.35. The lowest BCUT2D eigenvalue weighted by atomic mass is 10.1. The van der Waals surface area contributed by atoms with Gasteiger partial charge >= 0.3 is 5.97 Å². The molecule has 0 unspecified atom stereocenters. The maximum absolute atomic E-state index is 10.9. The summed E-state index contributed by atoms with van der Waals surface area (Å²) < 4.78 is 11.2. The number of methoxy groups -OCH3 is 1. The van der Waals surface area contributed by atoms with E-state index < -0.39 is 5.97 Å². The zero-order chi connectivity index (χ0) is 27.1. The van der Waals surface area contributed by atoms with Crippen molar-refractivity contribution in [2.75, 3.05) is 19.0 Å². The number of carboxylic acid groups (broad SMARTS) is 1. The van der Waals surface area contributed by atoms with Gasteiger partial charge in [0.15, 0.2) is 0 Å². The van der Waals surface area contributed by atoms with E-state index in [0.29, 0.717) is 28.6 Å². The third-order valence-corrected chi connectivity index (χ3v) is 6.15. The minimum Gasteiger partial charge on any atom is -0.497 e. The van der Waals surface area contributed by atoms with E-state index in [9.17, 15) is 4.79 Å². The lowest BCUT2D eigenvalue weighted by Crippen LogP contribution is -2.17. The Bertz CT molecular complexity index is 1350. The quantitative estimate of drug-likeness (QED) is 0.161. The zero-order valence-corrected chi connectivity index (χ0v) is 22.1. The van der Waals surface area contributed by atoms with Crippen LogP contribution in [0.4, 0.5) is 5.69 Å². The molecule has 0 spiro atoms. The van der Waals surface area contributed by atoms with Crippen LogP contribution in [0.1, 0.15) is 36.0 Å². The van der Waals surface area contributed by atoms with Crippen LogP contribution < -0.4 is 20.1 Å². The van der Waals surface area contributed by atoms with Crippen LogP contribution in [0.2, 0.25) is 5.02 Å². The van der Waals surface area contributed by atoms with Gasteiger partial charge in [0.25, 0.3) is 0 Å².